The maximum atomic E-state index is 10.5. The molecule has 0 aromatic rings. The highest BCUT2D eigenvalue weighted by Gasteiger charge is 2.30. The molecule has 1 amide bonds. The molecule has 0 unspecified atom stereocenters. The lowest BCUT2D eigenvalue weighted by molar-refractivity contribution is 0.154. The summed E-state index contributed by atoms with van der Waals surface area (Å²) in [5.74, 6) is 0. The summed E-state index contributed by atoms with van der Waals surface area (Å²) < 4.78 is 0. The monoisotopic (exact) mass is 170 g/mol. The highest BCUT2D eigenvalue weighted by Crippen LogP contribution is 2.21. The molecule has 1 aliphatic carbocycles. The summed E-state index contributed by atoms with van der Waals surface area (Å²) in [6, 6.07) is 1.09. The predicted octanol–water partition coefficient (Wildman–Crippen LogP) is 0.491. The molecular weight excluding hydrogens is 156 g/mol. The SMILES string of the molecule is O=C(O)N1CC[C@@H](NC2CC2)C1. The van der Waals surface area contributed by atoms with Crippen LogP contribution >= 0.6 is 0 Å². The molecular formula is C8H14N2O2. The van der Waals surface area contributed by atoms with Gasteiger partial charge in [0, 0.05) is 25.2 Å². The number of hydrogen-bond acceptors (Lipinski definition) is 2. The van der Waals surface area contributed by atoms with Crippen molar-refractivity contribution in [2.24, 2.45) is 0 Å². The van der Waals surface area contributed by atoms with E-state index in [1.54, 1.807) is 0 Å². The molecule has 12 heavy (non-hydrogen) atoms. The van der Waals surface area contributed by atoms with Crippen LogP contribution in [0.1, 0.15) is 19.3 Å². The second-order valence-electron chi connectivity index (χ2n) is 3.66. The average Bonchev–Trinajstić information content (AvgIpc) is 2.66. The van der Waals surface area contributed by atoms with E-state index in [1.807, 2.05) is 0 Å². The molecule has 0 aromatic heterocycles. The van der Waals surface area contributed by atoms with Crippen LogP contribution < -0.4 is 5.32 Å². The fraction of sp³-hybridized carbons (Fsp3) is 0.875. The van der Waals surface area contributed by atoms with E-state index in [2.05, 4.69) is 5.32 Å². The first-order valence-corrected chi connectivity index (χ1v) is 4.49. The second kappa shape index (κ2) is 2.94. The van der Waals surface area contributed by atoms with Gasteiger partial charge in [-0.1, -0.05) is 0 Å². The van der Waals surface area contributed by atoms with Crippen LogP contribution in [0, 0.1) is 0 Å². The van der Waals surface area contributed by atoms with Gasteiger partial charge in [0.05, 0.1) is 0 Å². The van der Waals surface area contributed by atoms with Gasteiger partial charge in [0.15, 0.2) is 0 Å². The summed E-state index contributed by atoms with van der Waals surface area (Å²) in [5.41, 5.74) is 0. The molecule has 68 valence electrons. The van der Waals surface area contributed by atoms with Crippen molar-refractivity contribution in [1.29, 1.82) is 0 Å². The lowest BCUT2D eigenvalue weighted by Crippen LogP contribution is -2.35. The fourth-order valence-corrected chi connectivity index (χ4v) is 1.65. The van der Waals surface area contributed by atoms with Gasteiger partial charge in [0.25, 0.3) is 0 Å². The van der Waals surface area contributed by atoms with Crippen molar-refractivity contribution in [3.63, 3.8) is 0 Å². The van der Waals surface area contributed by atoms with E-state index < -0.39 is 6.09 Å². The number of hydrogen-bond donors (Lipinski definition) is 2. The van der Waals surface area contributed by atoms with E-state index in [9.17, 15) is 4.79 Å². The Kier molecular flexibility index (Phi) is 1.92. The molecule has 1 aliphatic heterocycles. The van der Waals surface area contributed by atoms with Gasteiger partial charge in [0.2, 0.25) is 0 Å². The Balaban J connectivity index is 1.76. The number of amides is 1. The number of likely N-dealkylation sites (tertiary alicyclic amines) is 1. The molecule has 4 nitrogen and oxygen atoms in total. The Hall–Kier alpha value is -0.770. The first-order chi connectivity index (χ1) is 5.75. The number of nitrogens with one attached hydrogen (secondary N) is 1. The van der Waals surface area contributed by atoms with Gasteiger partial charge in [-0.25, -0.2) is 4.79 Å². The Morgan fingerprint density at radius 2 is 2.08 bits per heavy atom. The molecule has 1 saturated carbocycles. The minimum Gasteiger partial charge on any atom is -0.465 e. The molecule has 2 fully saturated rings. The van der Waals surface area contributed by atoms with Crippen LogP contribution in [-0.4, -0.2) is 41.3 Å². The predicted molar refractivity (Wildman–Crippen MR) is 44.2 cm³/mol. The first kappa shape index (κ1) is 7.86. The van der Waals surface area contributed by atoms with Gasteiger partial charge in [-0.05, 0) is 19.3 Å². The number of rotatable bonds is 2. The van der Waals surface area contributed by atoms with Crippen molar-refractivity contribution in [2.75, 3.05) is 13.1 Å². The summed E-state index contributed by atoms with van der Waals surface area (Å²) in [7, 11) is 0. The van der Waals surface area contributed by atoms with Gasteiger partial charge in [-0.2, -0.15) is 0 Å². The van der Waals surface area contributed by atoms with Crippen LogP contribution in [0.2, 0.25) is 0 Å². The highest BCUT2D eigenvalue weighted by atomic mass is 16.4. The molecule has 2 N–H and O–H groups in total. The summed E-state index contributed by atoms with van der Waals surface area (Å²) in [6.07, 6.45) is 2.73. The zero-order valence-corrected chi connectivity index (χ0v) is 6.99. The summed E-state index contributed by atoms with van der Waals surface area (Å²) in [4.78, 5) is 12.0. The van der Waals surface area contributed by atoms with Gasteiger partial charge >= 0.3 is 6.09 Å². The quantitative estimate of drug-likeness (QED) is 0.634. The highest BCUT2D eigenvalue weighted by molar-refractivity contribution is 5.65. The first-order valence-electron chi connectivity index (χ1n) is 4.49. The van der Waals surface area contributed by atoms with Gasteiger partial charge in [-0.3, -0.25) is 0 Å². The summed E-state index contributed by atoms with van der Waals surface area (Å²) in [6.45, 7) is 1.37. The summed E-state index contributed by atoms with van der Waals surface area (Å²) >= 11 is 0. The third-order valence-corrected chi connectivity index (χ3v) is 2.51. The van der Waals surface area contributed by atoms with Crippen molar-refractivity contribution in [3.8, 4) is 0 Å². The van der Waals surface area contributed by atoms with Crippen LogP contribution in [0.25, 0.3) is 0 Å². The average molecular weight is 170 g/mol. The third-order valence-electron chi connectivity index (χ3n) is 2.51. The van der Waals surface area contributed by atoms with Gasteiger partial charge in [-0.15, -0.1) is 0 Å². The molecule has 1 atom stereocenters. The molecule has 0 bridgehead atoms. The van der Waals surface area contributed by atoms with E-state index in [0.717, 1.165) is 6.42 Å². The topological polar surface area (TPSA) is 52.6 Å². The Morgan fingerprint density at radius 3 is 2.58 bits per heavy atom. The van der Waals surface area contributed by atoms with Crippen molar-refractivity contribution >= 4 is 6.09 Å². The maximum Gasteiger partial charge on any atom is 0.407 e. The molecule has 2 aliphatic rings. The molecule has 0 radical (unpaired) electrons. The van der Waals surface area contributed by atoms with Crippen LogP contribution in [-0.2, 0) is 0 Å². The van der Waals surface area contributed by atoms with E-state index >= 15 is 0 Å². The lowest BCUT2D eigenvalue weighted by Gasteiger charge is -2.12. The molecule has 0 aromatic carbocycles. The van der Waals surface area contributed by atoms with Crippen molar-refractivity contribution < 1.29 is 9.90 Å². The van der Waals surface area contributed by atoms with Crippen molar-refractivity contribution in [3.05, 3.63) is 0 Å². The number of carbonyl (C=O) groups is 1. The van der Waals surface area contributed by atoms with Gasteiger partial charge < -0.3 is 15.3 Å². The lowest BCUT2D eigenvalue weighted by atomic mass is 10.2. The number of carboxylic acid groups (broad SMARTS) is 1. The summed E-state index contributed by atoms with van der Waals surface area (Å²) in [5, 5.41) is 12.1. The number of nitrogens with zero attached hydrogens (tertiary/aromatic N) is 1. The zero-order valence-electron chi connectivity index (χ0n) is 6.99. The smallest absolute Gasteiger partial charge is 0.407 e. The molecule has 0 spiro atoms. The molecule has 4 heteroatoms. The Labute approximate surface area is 71.5 Å². The minimum absolute atomic E-state index is 0.411. The Morgan fingerprint density at radius 1 is 1.33 bits per heavy atom. The van der Waals surface area contributed by atoms with Gasteiger partial charge in [0.1, 0.15) is 0 Å². The minimum atomic E-state index is -0.782. The van der Waals surface area contributed by atoms with E-state index in [0.29, 0.717) is 25.2 Å². The van der Waals surface area contributed by atoms with E-state index in [1.165, 1.54) is 17.7 Å². The van der Waals surface area contributed by atoms with E-state index in [-0.39, 0.29) is 0 Å². The third kappa shape index (κ3) is 1.69. The largest absolute Gasteiger partial charge is 0.465 e. The fourth-order valence-electron chi connectivity index (χ4n) is 1.65. The maximum absolute atomic E-state index is 10.5. The Bertz CT molecular complexity index is 191. The van der Waals surface area contributed by atoms with Crippen LogP contribution in [0.15, 0.2) is 0 Å². The molecule has 1 heterocycles. The molecule has 1 saturated heterocycles. The van der Waals surface area contributed by atoms with Crippen LogP contribution in [0.3, 0.4) is 0 Å². The van der Waals surface area contributed by atoms with Crippen LogP contribution in [0.4, 0.5) is 4.79 Å². The normalized spacial score (nSPS) is 29.3. The van der Waals surface area contributed by atoms with E-state index in [4.69, 9.17) is 5.11 Å². The second-order valence-corrected chi connectivity index (χ2v) is 3.66. The zero-order chi connectivity index (χ0) is 8.55. The van der Waals surface area contributed by atoms with Crippen LogP contribution in [0.5, 0.6) is 0 Å². The molecule has 2 rings (SSSR count). The van der Waals surface area contributed by atoms with Crippen molar-refractivity contribution in [2.45, 2.75) is 31.3 Å². The standard InChI is InChI=1S/C8H14N2O2/c11-8(12)10-4-3-7(5-10)9-6-1-2-6/h6-7,9H,1-5H2,(H,11,12)/t7-/m1/s1. The van der Waals surface area contributed by atoms with Crippen molar-refractivity contribution in [1.82, 2.24) is 10.2 Å².